The zero-order valence-corrected chi connectivity index (χ0v) is 12.3. The first-order valence-electron chi connectivity index (χ1n) is 6.27. The molecule has 0 spiro atoms. The van der Waals surface area contributed by atoms with Crippen LogP contribution in [0.1, 0.15) is 6.92 Å². The van der Waals surface area contributed by atoms with Gasteiger partial charge in [-0.25, -0.2) is 0 Å². The summed E-state index contributed by atoms with van der Waals surface area (Å²) in [5, 5.41) is 0. The Bertz CT molecular complexity index is 556. The third-order valence-corrected chi connectivity index (χ3v) is 3.74. The first-order chi connectivity index (χ1) is 9.15. The van der Waals surface area contributed by atoms with Gasteiger partial charge in [-0.05, 0) is 42.3 Å². The van der Waals surface area contributed by atoms with E-state index in [0.29, 0.717) is 6.61 Å². The molecule has 19 heavy (non-hydrogen) atoms. The van der Waals surface area contributed by atoms with Crippen LogP contribution in [0.2, 0.25) is 0 Å². The van der Waals surface area contributed by atoms with Gasteiger partial charge >= 0.3 is 0 Å². The summed E-state index contributed by atoms with van der Waals surface area (Å²) >= 11 is 3.44. The number of halogens is 1. The van der Waals surface area contributed by atoms with Crippen molar-refractivity contribution in [1.29, 1.82) is 0 Å². The van der Waals surface area contributed by atoms with Crippen LogP contribution < -0.4 is 4.74 Å². The summed E-state index contributed by atoms with van der Waals surface area (Å²) in [6.07, 6.45) is 0. The molecule has 98 valence electrons. The summed E-state index contributed by atoms with van der Waals surface area (Å²) in [4.78, 5) is 0. The number of ether oxygens (including phenoxy) is 2. The molecule has 1 fully saturated rings. The van der Waals surface area contributed by atoms with Gasteiger partial charge in [0.1, 0.15) is 18.0 Å². The van der Waals surface area contributed by atoms with Gasteiger partial charge in [-0.1, -0.05) is 40.2 Å². The fourth-order valence-corrected chi connectivity index (χ4v) is 2.09. The van der Waals surface area contributed by atoms with Crippen molar-refractivity contribution in [2.24, 2.45) is 0 Å². The van der Waals surface area contributed by atoms with Gasteiger partial charge in [-0.2, -0.15) is 0 Å². The van der Waals surface area contributed by atoms with E-state index in [2.05, 4.69) is 47.1 Å². The lowest BCUT2D eigenvalue weighted by Gasteiger charge is -2.09. The van der Waals surface area contributed by atoms with E-state index in [1.807, 2.05) is 24.3 Å². The zero-order valence-electron chi connectivity index (χ0n) is 10.7. The molecule has 3 rings (SSSR count). The predicted molar refractivity (Wildman–Crippen MR) is 79.4 cm³/mol. The monoisotopic (exact) mass is 318 g/mol. The molecule has 0 radical (unpaired) electrons. The predicted octanol–water partition coefficient (Wildman–Crippen LogP) is 4.28. The molecule has 1 aliphatic rings. The highest BCUT2D eigenvalue weighted by atomic mass is 79.9. The highest BCUT2D eigenvalue weighted by Gasteiger charge is 2.40. The smallest absolute Gasteiger partial charge is 0.123 e. The molecule has 0 N–H and O–H groups in total. The number of hydrogen-bond acceptors (Lipinski definition) is 2. The lowest BCUT2D eigenvalue weighted by Crippen LogP contribution is -2.16. The Hall–Kier alpha value is -1.32. The van der Waals surface area contributed by atoms with Gasteiger partial charge in [0.2, 0.25) is 0 Å². The molecule has 3 heteroatoms. The summed E-state index contributed by atoms with van der Waals surface area (Å²) in [6.45, 7) is 3.47. The van der Waals surface area contributed by atoms with Gasteiger partial charge in [0, 0.05) is 4.47 Å². The van der Waals surface area contributed by atoms with Crippen molar-refractivity contribution in [3.63, 3.8) is 0 Å². The van der Waals surface area contributed by atoms with Crippen LogP contribution in [0.5, 0.6) is 5.75 Å². The number of epoxide rings is 1. The summed E-state index contributed by atoms with van der Waals surface area (Å²) in [5.41, 5.74) is 2.32. The molecule has 0 amide bonds. The first kappa shape index (κ1) is 12.7. The molecule has 1 aliphatic heterocycles. The van der Waals surface area contributed by atoms with E-state index in [-0.39, 0.29) is 5.60 Å². The maximum Gasteiger partial charge on any atom is 0.123 e. The molecule has 1 heterocycles. The molecule has 0 aromatic heterocycles. The van der Waals surface area contributed by atoms with Crippen LogP contribution in [0.4, 0.5) is 0 Å². The van der Waals surface area contributed by atoms with Crippen molar-refractivity contribution in [2.45, 2.75) is 12.5 Å². The topological polar surface area (TPSA) is 21.8 Å². The van der Waals surface area contributed by atoms with Crippen LogP contribution in [-0.2, 0) is 4.74 Å². The standard InChI is InChI=1S/C16H15BrO2/c1-16(11-19-16)10-18-15-8-4-13(5-9-15)12-2-6-14(17)7-3-12/h2-9H,10-11H2,1H3. The SMILES string of the molecule is CC1(COc2ccc(-c3ccc(Br)cc3)cc2)CO1. The van der Waals surface area contributed by atoms with Gasteiger partial charge in [0.15, 0.2) is 0 Å². The van der Waals surface area contributed by atoms with Gasteiger partial charge in [-0.3, -0.25) is 0 Å². The van der Waals surface area contributed by atoms with Crippen molar-refractivity contribution >= 4 is 15.9 Å². The summed E-state index contributed by atoms with van der Waals surface area (Å²) < 4.78 is 12.1. The summed E-state index contributed by atoms with van der Waals surface area (Å²) in [6, 6.07) is 16.4. The molecular formula is C16H15BrO2. The second-order valence-electron chi connectivity index (χ2n) is 5.06. The number of rotatable bonds is 4. The molecule has 1 unspecified atom stereocenters. The number of hydrogen-bond donors (Lipinski definition) is 0. The van der Waals surface area contributed by atoms with Crippen molar-refractivity contribution < 1.29 is 9.47 Å². The van der Waals surface area contributed by atoms with Gasteiger partial charge in [0.05, 0.1) is 6.61 Å². The highest BCUT2D eigenvalue weighted by molar-refractivity contribution is 9.10. The molecular weight excluding hydrogens is 304 g/mol. The molecule has 2 aromatic carbocycles. The normalized spacial score (nSPS) is 21.2. The summed E-state index contributed by atoms with van der Waals surface area (Å²) in [5.74, 6) is 0.887. The van der Waals surface area contributed by atoms with Crippen LogP contribution in [0.3, 0.4) is 0 Å². The average Bonchev–Trinajstić information content (AvgIpc) is 3.17. The molecule has 2 aromatic rings. The maximum atomic E-state index is 5.71. The minimum absolute atomic E-state index is 0.0651. The number of benzene rings is 2. The molecule has 0 saturated carbocycles. The van der Waals surface area contributed by atoms with Crippen molar-refractivity contribution in [3.05, 3.63) is 53.0 Å². The lowest BCUT2D eigenvalue weighted by molar-refractivity contribution is 0.202. The van der Waals surface area contributed by atoms with Gasteiger partial charge in [0.25, 0.3) is 0 Å². The van der Waals surface area contributed by atoms with E-state index in [9.17, 15) is 0 Å². The maximum absolute atomic E-state index is 5.71. The second-order valence-corrected chi connectivity index (χ2v) is 5.97. The minimum Gasteiger partial charge on any atom is -0.491 e. The van der Waals surface area contributed by atoms with Crippen molar-refractivity contribution in [1.82, 2.24) is 0 Å². The average molecular weight is 319 g/mol. The molecule has 0 aliphatic carbocycles. The van der Waals surface area contributed by atoms with Gasteiger partial charge in [-0.15, -0.1) is 0 Å². The fraction of sp³-hybridized carbons (Fsp3) is 0.250. The Morgan fingerprint density at radius 1 is 1.05 bits per heavy atom. The molecule has 0 bridgehead atoms. The van der Waals surface area contributed by atoms with Crippen LogP contribution in [0, 0.1) is 0 Å². The Morgan fingerprint density at radius 2 is 1.58 bits per heavy atom. The largest absolute Gasteiger partial charge is 0.491 e. The molecule has 1 saturated heterocycles. The lowest BCUT2D eigenvalue weighted by atomic mass is 10.1. The summed E-state index contributed by atoms with van der Waals surface area (Å²) in [7, 11) is 0. The van der Waals surface area contributed by atoms with Crippen LogP contribution in [0.15, 0.2) is 53.0 Å². The van der Waals surface area contributed by atoms with E-state index in [0.717, 1.165) is 16.8 Å². The Morgan fingerprint density at radius 3 is 2.11 bits per heavy atom. The van der Waals surface area contributed by atoms with E-state index in [1.165, 1.54) is 11.1 Å². The third kappa shape index (κ3) is 3.17. The van der Waals surface area contributed by atoms with Crippen molar-refractivity contribution in [3.8, 4) is 16.9 Å². The third-order valence-electron chi connectivity index (χ3n) is 3.21. The first-order valence-corrected chi connectivity index (χ1v) is 7.07. The molecule has 2 nitrogen and oxygen atoms in total. The van der Waals surface area contributed by atoms with Gasteiger partial charge < -0.3 is 9.47 Å². The fourth-order valence-electron chi connectivity index (χ4n) is 1.83. The Labute approximate surface area is 121 Å². The Balaban J connectivity index is 1.69. The van der Waals surface area contributed by atoms with Crippen LogP contribution in [0.25, 0.3) is 11.1 Å². The van der Waals surface area contributed by atoms with Crippen LogP contribution >= 0.6 is 15.9 Å². The van der Waals surface area contributed by atoms with E-state index in [4.69, 9.17) is 9.47 Å². The van der Waals surface area contributed by atoms with E-state index < -0.39 is 0 Å². The second kappa shape index (κ2) is 4.99. The zero-order chi connectivity index (χ0) is 13.3. The molecule has 1 atom stereocenters. The Kier molecular flexibility index (Phi) is 3.33. The van der Waals surface area contributed by atoms with Crippen molar-refractivity contribution in [2.75, 3.05) is 13.2 Å². The van der Waals surface area contributed by atoms with E-state index in [1.54, 1.807) is 0 Å². The minimum atomic E-state index is -0.0651. The van der Waals surface area contributed by atoms with Crippen LogP contribution in [-0.4, -0.2) is 18.8 Å². The quantitative estimate of drug-likeness (QED) is 0.785. The highest BCUT2D eigenvalue weighted by Crippen LogP contribution is 2.28. The van der Waals surface area contributed by atoms with E-state index >= 15 is 0 Å².